The van der Waals surface area contributed by atoms with Gasteiger partial charge in [0.15, 0.2) is 0 Å². The number of nitrogens with one attached hydrogen (secondary N) is 1. The summed E-state index contributed by atoms with van der Waals surface area (Å²) in [6.07, 6.45) is 0. The maximum absolute atomic E-state index is 13.2. The van der Waals surface area contributed by atoms with Crippen molar-refractivity contribution < 1.29 is 22.4 Å². The Kier molecular flexibility index (Phi) is 5.25. The number of sulfonamides is 1. The third kappa shape index (κ3) is 3.73. The first-order valence-corrected chi connectivity index (χ1v) is 11.7. The minimum Gasteiger partial charge on any atom is -0.465 e. The van der Waals surface area contributed by atoms with E-state index in [-0.39, 0.29) is 15.9 Å². The summed E-state index contributed by atoms with van der Waals surface area (Å²) in [7, 11) is -2.57. The molecule has 166 valence electrons. The maximum atomic E-state index is 13.2. The standard InChI is InChI=1S/C25H25NO5S/c1-15-22(24(27)30-5)20-14-21(18-8-6-7-9-19(18)23(20)31-15)26-32(28,29)17-12-10-16(11-13-17)25(2,3)4/h6-14,26H,1-5H3. The first-order valence-electron chi connectivity index (χ1n) is 10.2. The zero-order chi connectivity index (χ0) is 23.3. The van der Waals surface area contributed by atoms with E-state index < -0.39 is 16.0 Å². The number of ether oxygens (including phenoxy) is 1. The number of rotatable bonds is 4. The second kappa shape index (κ2) is 7.67. The number of anilines is 1. The van der Waals surface area contributed by atoms with Gasteiger partial charge in [-0.15, -0.1) is 0 Å². The Hall–Kier alpha value is -3.32. The zero-order valence-corrected chi connectivity index (χ0v) is 19.5. The lowest BCUT2D eigenvalue weighted by Gasteiger charge is -2.19. The van der Waals surface area contributed by atoms with Crippen LogP contribution in [0.5, 0.6) is 0 Å². The lowest BCUT2D eigenvalue weighted by Crippen LogP contribution is -2.15. The number of fused-ring (bicyclic) bond motifs is 3. The molecule has 1 N–H and O–H groups in total. The molecule has 0 saturated heterocycles. The summed E-state index contributed by atoms with van der Waals surface area (Å²) < 4.78 is 39.9. The molecule has 4 rings (SSSR count). The fourth-order valence-corrected chi connectivity index (χ4v) is 4.89. The van der Waals surface area contributed by atoms with E-state index in [4.69, 9.17) is 9.15 Å². The minimum absolute atomic E-state index is 0.0829. The van der Waals surface area contributed by atoms with Crippen LogP contribution in [0.1, 0.15) is 42.5 Å². The number of benzene rings is 3. The topological polar surface area (TPSA) is 85.6 Å². The van der Waals surface area contributed by atoms with Crippen molar-refractivity contribution in [2.75, 3.05) is 11.8 Å². The van der Waals surface area contributed by atoms with Gasteiger partial charge in [0.05, 0.1) is 17.7 Å². The normalized spacial score (nSPS) is 12.3. The monoisotopic (exact) mass is 451 g/mol. The summed E-state index contributed by atoms with van der Waals surface area (Å²) in [5.41, 5.74) is 2.11. The van der Waals surface area contributed by atoms with Crippen molar-refractivity contribution in [3.8, 4) is 0 Å². The van der Waals surface area contributed by atoms with Crippen LogP contribution in [-0.2, 0) is 20.2 Å². The Morgan fingerprint density at radius 2 is 1.59 bits per heavy atom. The van der Waals surface area contributed by atoms with Gasteiger partial charge in [-0.1, -0.05) is 57.2 Å². The molecule has 4 aromatic rings. The molecule has 0 radical (unpaired) electrons. The molecule has 0 amide bonds. The van der Waals surface area contributed by atoms with E-state index in [9.17, 15) is 13.2 Å². The van der Waals surface area contributed by atoms with Crippen molar-refractivity contribution in [2.24, 2.45) is 0 Å². The van der Waals surface area contributed by atoms with E-state index in [2.05, 4.69) is 25.5 Å². The van der Waals surface area contributed by atoms with Crippen molar-refractivity contribution in [1.29, 1.82) is 0 Å². The van der Waals surface area contributed by atoms with Crippen LogP contribution < -0.4 is 4.72 Å². The molecule has 1 aromatic heterocycles. The molecule has 0 aliphatic rings. The number of esters is 1. The van der Waals surface area contributed by atoms with Gasteiger partial charge in [0.1, 0.15) is 16.9 Å². The molecule has 0 aliphatic heterocycles. The van der Waals surface area contributed by atoms with Crippen LogP contribution in [0.3, 0.4) is 0 Å². The maximum Gasteiger partial charge on any atom is 0.342 e. The number of hydrogen-bond donors (Lipinski definition) is 1. The highest BCUT2D eigenvalue weighted by Crippen LogP contribution is 2.37. The van der Waals surface area contributed by atoms with E-state index in [1.165, 1.54) is 7.11 Å². The third-order valence-corrected chi connectivity index (χ3v) is 6.92. The first kappa shape index (κ1) is 21.9. The average molecular weight is 452 g/mol. The highest BCUT2D eigenvalue weighted by molar-refractivity contribution is 7.92. The van der Waals surface area contributed by atoms with Crippen LogP contribution in [0, 0.1) is 6.92 Å². The lowest BCUT2D eigenvalue weighted by molar-refractivity contribution is 0.0600. The number of hydrogen-bond acceptors (Lipinski definition) is 5. The van der Waals surface area contributed by atoms with Gasteiger partial charge >= 0.3 is 5.97 Å². The highest BCUT2D eigenvalue weighted by atomic mass is 32.2. The molecule has 3 aromatic carbocycles. The predicted octanol–water partition coefficient (Wildman–Crippen LogP) is 5.78. The van der Waals surface area contributed by atoms with Gasteiger partial charge < -0.3 is 9.15 Å². The average Bonchev–Trinajstić information content (AvgIpc) is 3.08. The molecule has 0 spiro atoms. The van der Waals surface area contributed by atoms with Crippen LogP contribution in [0.4, 0.5) is 5.69 Å². The van der Waals surface area contributed by atoms with Crippen molar-refractivity contribution in [3.63, 3.8) is 0 Å². The second-order valence-electron chi connectivity index (χ2n) is 8.75. The fraction of sp³-hybridized carbons (Fsp3) is 0.240. The van der Waals surface area contributed by atoms with Gasteiger partial charge in [0, 0.05) is 16.2 Å². The van der Waals surface area contributed by atoms with Gasteiger partial charge in [-0.05, 0) is 36.1 Å². The summed E-state index contributed by atoms with van der Waals surface area (Å²) in [5.74, 6) is -0.127. The molecule has 0 saturated carbocycles. The van der Waals surface area contributed by atoms with Gasteiger partial charge in [0.25, 0.3) is 10.0 Å². The Bertz CT molecular complexity index is 1440. The molecule has 0 atom stereocenters. The molecule has 1 heterocycles. The summed E-state index contributed by atoms with van der Waals surface area (Å²) >= 11 is 0. The number of methoxy groups -OCH3 is 1. The SMILES string of the molecule is COC(=O)c1c(C)oc2c1cc(NS(=O)(=O)c1ccc(C(C)(C)C)cc1)c1ccccc12. The van der Waals surface area contributed by atoms with Crippen LogP contribution in [-0.4, -0.2) is 21.5 Å². The Morgan fingerprint density at radius 1 is 0.969 bits per heavy atom. The van der Waals surface area contributed by atoms with Crippen molar-refractivity contribution in [3.05, 3.63) is 71.5 Å². The Balaban J connectivity index is 1.87. The molecule has 7 heteroatoms. The Labute approximate surface area is 187 Å². The van der Waals surface area contributed by atoms with Crippen LogP contribution >= 0.6 is 0 Å². The Morgan fingerprint density at radius 3 is 2.19 bits per heavy atom. The molecule has 0 fully saturated rings. The van der Waals surface area contributed by atoms with Gasteiger partial charge in [0.2, 0.25) is 0 Å². The second-order valence-corrected chi connectivity index (χ2v) is 10.4. The highest BCUT2D eigenvalue weighted by Gasteiger charge is 2.24. The van der Waals surface area contributed by atoms with E-state index in [1.807, 2.05) is 36.4 Å². The first-order chi connectivity index (χ1) is 15.0. The van der Waals surface area contributed by atoms with Gasteiger partial charge in [-0.3, -0.25) is 4.72 Å². The quantitative estimate of drug-likeness (QED) is 0.398. The largest absolute Gasteiger partial charge is 0.465 e. The molecule has 6 nitrogen and oxygen atoms in total. The number of carbonyl (C=O) groups excluding carboxylic acids is 1. The van der Waals surface area contributed by atoms with E-state index in [1.54, 1.807) is 25.1 Å². The number of furan rings is 1. The summed E-state index contributed by atoms with van der Waals surface area (Å²) in [4.78, 5) is 12.5. The van der Waals surface area contributed by atoms with Crippen molar-refractivity contribution in [1.82, 2.24) is 0 Å². The van der Waals surface area contributed by atoms with Gasteiger partial charge in [-0.25, -0.2) is 13.2 Å². The predicted molar refractivity (Wildman–Crippen MR) is 126 cm³/mol. The van der Waals surface area contributed by atoms with Crippen molar-refractivity contribution >= 4 is 43.4 Å². The van der Waals surface area contributed by atoms with Gasteiger partial charge in [-0.2, -0.15) is 0 Å². The number of aryl methyl sites for hydroxylation is 1. The minimum atomic E-state index is -3.86. The summed E-state index contributed by atoms with van der Waals surface area (Å²) in [6, 6.07) is 15.8. The fourth-order valence-electron chi connectivity index (χ4n) is 3.82. The molecule has 0 unspecified atom stereocenters. The zero-order valence-electron chi connectivity index (χ0n) is 18.6. The molecule has 32 heavy (non-hydrogen) atoms. The number of carbonyl (C=O) groups is 1. The lowest BCUT2D eigenvalue weighted by atomic mass is 9.87. The van der Waals surface area contributed by atoms with Crippen LogP contribution in [0.15, 0.2) is 63.9 Å². The van der Waals surface area contributed by atoms with Crippen molar-refractivity contribution in [2.45, 2.75) is 38.0 Å². The molecule has 0 bridgehead atoms. The summed E-state index contributed by atoms with van der Waals surface area (Å²) in [5, 5.41) is 1.86. The smallest absolute Gasteiger partial charge is 0.342 e. The molecular weight excluding hydrogens is 426 g/mol. The van der Waals surface area contributed by atoms with E-state index in [0.717, 1.165) is 5.56 Å². The van der Waals surface area contributed by atoms with E-state index >= 15 is 0 Å². The van der Waals surface area contributed by atoms with Crippen LogP contribution in [0.2, 0.25) is 0 Å². The third-order valence-electron chi connectivity index (χ3n) is 5.54. The molecular formula is C25H25NO5S. The molecule has 0 aliphatic carbocycles. The summed E-state index contributed by atoms with van der Waals surface area (Å²) in [6.45, 7) is 7.90. The van der Waals surface area contributed by atoms with E-state index in [0.29, 0.717) is 33.2 Å². The van der Waals surface area contributed by atoms with Crippen LogP contribution in [0.25, 0.3) is 21.7 Å².